The molecule has 1 rings (SSSR count). The van der Waals surface area contributed by atoms with Crippen LogP contribution in [0.5, 0.6) is 0 Å². The van der Waals surface area contributed by atoms with E-state index >= 15 is 0 Å². The van der Waals surface area contributed by atoms with E-state index in [1.807, 2.05) is 24.3 Å². The summed E-state index contributed by atoms with van der Waals surface area (Å²) in [4.78, 5) is 11.6. The van der Waals surface area contributed by atoms with E-state index in [1.54, 1.807) is 0 Å². The SMILES string of the molecule is CCCCCCNC(=O)CNc1cccc(CO)c1. The van der Waals surface area contributed by atoms with Crippen molar-refractivity contribution in [2.24, 2.45) is 0 Å². The molecule has 0 aromatic heterocycles. The van der Waals surface area contributed by atoms with Crippen molar-refractivity contribution in [3.63, 3.8) is 0 Å². The van der Waals surface area contributed by atoms with Crippen LogP contribution in [0.25, 0.3) is 0 Å². The summed E-state index contributed by atoms with van der Waals surface area (Å²) in [6, 6.07) is 7.43. The minimum atomic E-state index is 0.00546. The summed E-state index contributed by atoms with van der Waals surface area (Å²) in [5.41, 5.74) is 1.69. The summed E-state index contributed by atoms with van der Waals surface area (Å²) >= 11 is 0. The van der Waals surface area contributed by atoms with E-state index < -0.39 is 0 Å². The second kappa shape index (κ2) is 9.39. The van der Waals surface area contributed by atoms with Gasteiger partial charge in [0, 0.05) is 12.2 Å². The van der Waals surface area contributed by atoms with Gasteiger partial charge in [-0.15, -0.1) is 0 Å². The number of aliphatic hydroxyl groups excluding tert-OH is 1. The lowest BCUT2D eigenvalue weighted by Crippen LogP contribution is -2.30. The van der Waals surface area contributed by atoms with Crippen LogP contribution in [0, 0.1) is 0 Å². The maximum absolute atomic E-state index is 11.6. The lowest BCUT2D eigenvalue weighted by molar-refractivity contribution is -0.119. The van der Waals surface area contributed by atoms with Crippen LogP contribution in [-0.4, -0.2) is 24.1 Å². The molecule has 0 saturated carbocycles. The molecule has 0 atom stereocenters. The highest BCUT2D eigenvalue weighted by molar-refractivity contribution is 5.80. The van der Waals surface area contributed by atoms with Crippen LogP contribution in [-0.2, 0) is 11.4 Å². The monoisotopic (exact) mass is 264 g/mol. The fourth-order valence-electron chi connectivity index (χ4n) is 1.80. The van der Waals surface area contributed by atoms with Gasteiger partial charge < -0.3 is 15.7 Å². The molecule has 19 heavy (non-hydrogen) atoms. The zero-order valence-electron chi connectivity index (χ0n) is 11.6. The van der Waals surface area contributed by atoms with E-state index in [1.165, 1.54) is 19.3 Å². The minimum absolute atomic E-state index is 0.00546. The predicted octanol–water partition coefficient (Wildman–Crippen LogP) is 2.29. The zero-order valence-corrected chi connectivity index (χ0v) is 11.6. The van der Waals surface area contributed by atoms with Crippen molar-refractivity contribution in [2.75, 3.05) is 18.4 Å². The molecule has 1 amide bonds. The fourth-order valence-corrected chi connectivity index (χ4v) is 1.80. The van der Waals surface area contributed by atoms with Crippen molar-refractivity contribution in [1.82, 2.24) is 5.32 Å². The summed E-state index contributed by atoms with van der Waals surface area (Å²) in [5.74, 6) is 0.00546. The Morgan fingerprint density at radius 3 is 2.84 bits per heavy atom. The Morgan fingerprint density at radius 2 is 2.11 bits per heavy atom. The van der Waals surface area contributed by atoms with Gasteiger partial charge in [-0.3, -0.25) is 4.79 Å². The number of carbonyl (C=O) groups excluding carboxylic acids is 1. The first-order valence-corrected chi connectivity index (χ1v) is 6.96. The number of anilines is 1. The van der Waals surface area contributed by atoms with E-state index in [0.29, 0.717) is 0 Å². The van der Waals surface area contributed by atoms with Gasteiger partial charge in [0.15, 0.2) is 0 Å². The van der Waals surface area contributed by atoms with E-state index in [-0.39, 0.29) is 19.1 Å². The highest BCUT2D eigenvalue weighted by atomic mass is 16.3. The summed E-state index contributed by atoms with van der Waals surface area (Å²) in [5, 5.41) is 15.0. The number of benzene rings is 1. The number of hydrogen-bond donors (Lipinski definition) is 3. The first-order chi connectivity index (χ1) is 9.26. The average molecular weight is 264 g/mol. The molecule has 0 heterocycles. The summed E-state index contributed by atoms with van der Waals surface area (Å²) in [6.45, 7) is 3.20. The van der Waals surface area contributed by atoms with Gasteiger partial charge in [0.1, 0.15) is 0 Å². The average Bonchev–Trinajstić information content (AvgIpc) is 2.45. The molecule has 0 saturated heterocycles. The standard InChI is InChI=1S/C15H24N2O2/c1-2-3-4-5-9-16-15(19)11-17-14-8-6-7-13(10-14)12-18/h6-8,10,17-18H,2-5,9,11-12H2,1H3,(H,16,19). The van der Waals surface area contributed by atoms with Gasteiger partial charge in [-0.25, -0.2) is 0 Å². The van der Waals surface area contributed by atoms with Crippen molar-refractivity contribution in [2.45, 2.75) is 39.2 Å². The maximum atomic E-state index is 11.6. The van der Waals surface area contributed by atoms with Crippen molar-refractivity contribution in [3.05, 3.63) is 29.8 Å². The van der Waals surface area contributed by atoms with Gasteiger partial charge in [0.05, 0.1) is 13.2 Å². The number of carbonyl (C=O) groups is 1. The number of unbranched alkanes of at least 4 members (excludes halogenated alkanes) is 3. The molecule has 0 aliphatic heterocycles. The number of amides is 1. The molecule has 0 fully saturated rings. The molecular weight excluding hydrogens is 240 g/mol. The van der Waals surface area contributed by atoms with Gasteiger partial charge in [-0.2, -0.15) is 0 Å². The lowest BCUT2D eigenvalue weighted by atomic mass is 10.2. The normalized spacial score (nSPS) is 10.2. The van der Waals surface area contributed by atoms with Crippen molar-refractivity contribution in [3.8, 4) is 0 Å². The van der Waals surface area contributed by atoms with Gasteiger partial charge in [0.25, 0.3) is 0 Å². The summed E-state index contributed by atoms with van der Waals surface area (Å²) < 4.78 is 0. The Morgan fingerprint density at radius 1 is 1.26 bits per heavy atom. The topological polar surface area (TPSA) is 61.4 Å². The van der Waals surface area contributed by atoms with Crippen LogP contribution < -0.4 is 10.6 Å². The zero-order chi connectivity index (χ0) is 13.9. The van der Waals surface area contributed by atoms with Gasteiger partial charge in [0.2, 0.25) is 5.91 Å². The van der Waals surface area contributed by atoms with E-state index in [0.717, 1.165) is 24.2 Å². The van der Waals surface area contributed by atoms with Crippen LogP contribution in [0.3, 0.4) is 0 Å². The molecule has 4 nitrogen and oxygen atoms in total. The minimum Gasteiger partial charge on any atom is -0.392 e. The summed E-state index contributed by atoms with van der Waals surface area (Å²) in [7, 11) is 0. The van der Waals surface area contributed by atoms with Crippen LogP contribution in [0.1, 0.15) is 38.2 Å². The second-order valence-electron chi connectivity index (χ2n) is 4.62. The molecule has 0 aliphatic carbocycles. The van der Waals surface area contributed by atoms with Crippen LogP contribution >= 0.6 is 0 Å². The third kappa shape index (κ3) is 6.82. The Hall–Kier alpha value is -1.55. The summed E-state index contributed by atoms with van der Waals surface area (Å²) in [6.07, 6.45) is 4.64. The molecule has 3 N–H and O–H groups in total. The Labute approximate surface area is 115 Å². The van der Waals surface area contributed by atoms with Gasteiger partial charge in [-0.1, -0.05) is 38.3 Å². The Bertz CT molecular complexity index is 380. The smallest absolute Gasteiger partial charge is 0.239 e. The third-order valence-corrected chi connectivity index (χ3v) is 2.92. The first-order valence-electron chi connectivity index (χ1n) is 6.96. The van der Waals surface area contributed by atoms with Crippen molar-refractivity contribution >= 4 is 11.6 Å². The van der Waals surface area contributed by atoms with Crippen LogP contribution in [0.15, 0.2) is 24.3 Å². The largest absolute Gasteiger partial charge is 0.392 e. The fraction of sp³-hybridized carbons (Fsp3) is 0.533. The van der Waals surface area contributed by atoms with E-state index in [4.69, 9.17) is 5.11 Å². The number of hydrogen-bond acceptors (Lipinski definition) is 3. The van der Waals surface area contributed by atoms with Crippen LogP contribution in [0.4, 0.5) is 5.69 Å². The number of aliphatic hydroxyl groups is 1. The van der Waals surface area contributed by atoms with Crippen molar-refractivity contribution < 1.29 is 9.90 Å². The van der Waals surface area contributed by atoms with Gasteiger partial charge >= 0.3 is 0 Å². The molecule has 0 spiro atoms. The molecule has 106 valence electrons. The first kappa shape index (κ1) is 15.5. The second-order valence-corrected chi connectivity index (χ2v) is 4.62. The highest BCUT2D eigenvalue weighted by Crippen LogP contribution is 2.09. The molecular formula is C15H24N2O2. The van der Waals surface area contributed by atoms with E-state index in [9.17, 15) is 4.79 Å². The molecule has 0 aliphatic rings. The van der Waals surface area contributed by atoms with Gasteiger partial charge in [-0.05, 0) is 24.1 Å². The van der Waals surface area contributed by atoms with Crippen LogP contribution in [0.2, 0.25) is 0 Å². The molecule has 0 bridgehead atoms. The maximum Gasteiger partial charge on any atom is 0.239 e. The number of rotatable bonds is 9. The molecule has 4 heteroatoms. The number of nitrogens with one attached hydrogen (secondary N) is 2. The third-order valence-electron chi connectivity index (χ3n) is 2.92. The molecule has 0 unspecified atom stereocenters. The molecule has 1 aromatic rings. The van der Waals surface area contributed by atoms with E-state index in [2.05, 4.69) is 17.6 Å². The predicted molar refractivity (Wildman–Crippen MR) is 78.0 cm³/mol. The van der Waals surface area contributed by atoms with Crippen molar-refractivity contribution in [1.29, 1.82) is 0 Å². The molecule has 0 radical (unpaired) electrons. The Kier molecular flexibility index (Phi) is 7.66. The quantitative estimate of drug-likeness (QED) is 0.600. The Balaban J connectivity index is 2.18. The molecule has 1 aromatic carbocycles. The lowest BCUT2D eigenvalue weighted by Gasteiger charge is -2.08. The highest BCUT2D eigenvalue weighted by Gasteiger charge is 2.00.